The first-order chi connectivity index (χ1) is 16.3. The zero-order valence-corrected chi connectivity index (χ0v) is 21.7. The van der Waals surface area contributed by atoms with Gasteiger partial charge in [0.1, 0.15) is 0 Å². The number of primary amides is 1. The molecule has 0 spiro atoms. The lowest BCUT2D eigenvalue weighted by Crippen LogP contribution is -2.56. The monoisotopic (exact) mass is 565 g/mol. The Labute approximate surface area is 222 Å². The van der Waals surface area contributed by atoms with Crippen molar-refractivity contribution in [1.29, 1.82) is 0 Å². The minimum absolute atomic E-state index is 0. The topological polar surface area (TPSA) is 86.9 Å². The zero-order valence-electron chi connectivity index (χ0n) is 19.4. The molecule has 12 heteroatoms. The largest absolute Gasteiger partial charge is 0.416 e. The molecule has 3 N–H and O–H groups in total. The highest BCUT2D eigenvalue weighted by Crippen LogP contribution is 2.54. The lowest BCUT2D eigenvalue weighted by atomic mass is 9.83. The maximum Gasteiger partial charge on any atom is 0.416 e. The van der Waals surface area contributed by atoms with E-state index in [2.05, 4.69) is 4.90 Å². The molecule has 0 aromatic heterocycles. The number of carbonyl (C=O) groups excluding carboxylic acids is 2. The Balaban J connectivity index is 0.00000361. The Kier molecular flexibility index (Phi) is 7.94. The Hall–Kier alpha value is -2.04. The highest BCUT2D eigenvalue weighted by molar-refractivity contribution is 6.35. The van der Waals surface area contributed by atoms with E-state index < -0.39 is 46.3 Å². The van der Waals surface area contributed by atoms with Gasteiger partial charge in [0, 0.05) is 38.8 Å². The molecule has 0 bridgehead atoms. The highest BCUT2D eigenvalue weighted by atomic mass is 35.5. The van der Waals surface area contributed by atoms with Crippen LogP contribution in [0.4, 0.5) is 18.9 Å². The molecular formula is C24H25Cl3F3N3O3. The summed E-state index contributed by atoms with van der Waals surface area (Å²) in [4.78, 5) is 29.1. The van der Waals surface area contributed by atoms with Crippen molar-refractivity contribution in [3.05, 3.63) is 62.6 Å². The summed E-state index contributed by atoms with van der Waals surface area (Å²) in [6.07, 6.45) is -4.00. The van der Waals surface area contributed by atoms with E-state index in [1.807, 2.05) is 13.8 Å². The van der Waals surface area contributed by atoms with Crippen molar-refractivity contribution in [2.75, 3.05) is 18.0 Å². The van der Waals surface area contributed by atoms with Crippen molar-refractivity contribution in [3.63, 3.8) is 0 Å². The van der Waals surface area contributed by atoms with E-state index in [1.165, 1.54) is 23.1 Å². The lowest BCUT2D eigenvalue weighted by molar-refractivity contribution is -0.142. The molecule has 196 valence electrons. The van der Waals surface area contributed by atoms with E-state index in [0.717, 1.165) is 19.2 Å². The third-order valence-corrected chi connectivity index (χ3v) is 7.51. The van der Waals surface area contributed by atoms with Crippen LogP contribution in [0.5, 0.6) is 0 Å². The molecule has 1 heterocycles. The van der Waals surface area contributed by atoms with Gasteiger partial charge in [-0.05, 0) is 50.2 Å². The van der Waals surface area contributed by atoms with Crippen LogP contribution >= 0.6 is 35.6 Å². The van der Waals surface area contributed by atoms with Crippen molar-refractivity contribution < 1.29 is 27.9 Å². The number of alkyl halides is 3. The van der Waals surface area contributed by atoms with Gasteiger partial charge in [0.15, 0.2) is 5.60 Å². The fourth-order valence-electron chi connectivity index (χ4n) is 5.16. The van der Waals surface area contributed by atoms with Gasteiger partial charge in [-0.25, -0.2) is 0 Å². The number of aliphatic hydroxyl groups is 1. The quantitative estimate of drug-likeness (QED) is 0.516. The molecule has 1 aliphatic heterocycles. The van der Waals surface area contributed by atoms with Gasteiger partial charge in [0.25, 0.3) is 5.91 Å². The first kappa shape index (κ1) is 28.5. The molecule has 0 saturated heterocycles. The van der Waals surface area contributed by atoms with Gasteiger partial charge >= 0.3 is 6.18 Å². The summed E-state index contributed by atoms with van der Waals surface area (Å²) in [5.41, 5.74) is -0.253. The summed E-state index contributed by atoms with van der Waals surface area (Å²) in [5.74, 6) is -2.05. The minimum Gasteiger partial charge on any atom is -0.372 e. The molecule has 1 unspecified atom stereocenters. The fourth-order valence-corrected chi connectivity index (χ4v) is 5.70. The first-order valence-electron chi connectivity index (χ1n) is 11.2. The molecular weight excluding hydrogens is 542 g/mol. The van der Waals surface area contributed by atoms with E-state index >= 15 is 0 Å². The molecule has 1 atom stereocenters. The Morgan fingerprint density at radius 2 is 1.81 bits per heavy atom. The molecule has 2 aromatic rings. The van der Waals surface area contributed by atoms with E-state index in [0.29, 0.717) is 18.9 Å². The number of fused-ring (bicyclic) bond motifs is 1. The SMILES string of the molecule is CCN(CC)C1CC(N2C(=O)C(O)(c3ccc(Cl)cc3Cl)c3c2cc(C(N)=O)cc3C(F)(F)F)C1.Cl. The molecule has 2 aliphatic rings. The number of carbonyl (C=O) groups is 2. The number of amides is 2. The van der Waals surface area contributed by atoms with Gasteiger partial charge in [0.05, 0.1) is 11.3 Å². The van der Waals surface area contributed by atoms with Crippen molar-refractivity contribution >= 4 is 53.1 Å². The Bertz CT molecular complexity index is 1200. The van der Waals surface area contributed by atoms with Crippen LogP contribution in [-0.2, 0) is 16.6 Å². The molecule has 4 rings (SSSR count). The number of hydrogen-bond donors (Lipinski definition) is 2. The molecule has 1 aliphatic carbocycles. The number of rotatable bonds is 6. The van der Waals surface area contributed by atoms with Crippen LogP contribution in [0.3, 0.4) is 0 Å². The predicted octanol–water partition coefficient (Wildman–Crippen LogP) is 4.99. The number of benzene rings is 2. The van der Waals surface area contributed by atoms with E-state index in [9.17, 15) is 27.9 Å². The molecule has 6 nitrogen and oxygen atoms in total. The third kappa shape index (κ3) is 4.45. The van der Waals surface area contributed by atoms with E-state index in [4.69, 9.17) is 28.9 Å². The number of anilines is 1. The molecule has 1 fully saturated rings. The maximum absolute atomic E-state index is 14.3. The van der Waals surface area contributed by atoms with Gasteiger partial charge < -0.3 is 20.6 Å². The van der Waals surface area contributed by atoms with Crippen LogP contribution in [0, 0.1) is 0 Å². The summed E-state index contributed by atoms with van der Waals surface area (Å²) in [7, 11) is 0. The Morgan fingerprint density at radius 1 is 1.19 bits per heavy atom. The van der Waals surface area contributed by atoms with Crippen molar-refractivity contribution in [2.45, 2.75) is 50.6 Å². The highest BCUT2D eigenvalue weighted by Gasteiger charge is 2.59. The maximum atomic E-state index is 14.3. The zero-order chi connectivity index (χ0) is 25.9. The number of nitrogens with zero attached hydrogens (tertiary/aromatic N) is 2. The van der Waals surface area contributed by atoms with Gasteiger partial charge in [-0.15, -0.1) is 12.4 Å². The number of nitrogens with two attached hydrogens (primary N) is 1. The predicted molar refractivity (Wildman–Crippen MR) is 134 cm³/mol. The van der Waals surface area contributed by atoms with Crippen LogP contribution in [0.2, 0.25) is 10.0 Å². The smallest absolute Gasteiger partial charge is 0.372 e. The summed E-state index contributed by atoms with van der Waals surface area (Å²) < 4.78 is 42.8. The van der Waals surface area contributed by atoms with Crippen molar-refractivity contribution in [3.8, 4) is 0 Å². The lowest BCUT2D eigenvalue weighted by Gasteiger charge is -2.46. The van der Waals surface area contributed by atoms with Gasteiger partial charge in [-0.3, -0.25) is 9.59 Å². The number of hydrogen-bond acceptors (Lipinski definition) is 4. The van der Waals surface area contributed by atoms with Gasteiger partial charge in [0.2, 0.25) is 5.91 Å². The molecule has 1 saturated carbocycles. The third-order valence-electron chi connectivity index (χ3n) is 6.96. The average Bonchev–Trinajstić information content (AvgIpc) is 2.96. The average molecular weight is 567 g/mol. The van der Waals surface area contributed by atoms with Crippen LogP contribution < -0.4 is 10.6 Å². The molecule has 2 aromatic carbocycles. The summed E-state index contributed by atoms with van der Waals surface area (Å²) in [6.45, 7) is 5.58. The van der Waals surface area contributed by atoms with Crippen LogP contribution in [0.25, 0.3) is 0 Å². The van der Waals surface area contributed by atoms with E-state index in [-0.39, 0.29) is 39.7 Å². The summed E-state index contributed by atoms with van der Waals surface area (Å²) in [5, 5.41) is 11.8. The second-order valence-electron chi connectivity index (χ2n) is 8.79. The van der Waals surface area contributed by atoms with Crippen LogP contribution in [0.1, 0.15) is 53.7 Å². The second-order valence-corrected chi connectivity index (χ2v) is 9.63. The molecule has 2 amide bonds. The standard InChI is InChI=1S/C24H24Cl2F3N3O3.ClH/c1-3-31(4-2)14-10-15(11-14)32-19-8-12(21(30)33)7-17(24(27,28)29)20(19)23(35,22(32)34)16-6-5-13(25)9-18(16)26;/h5-9,14-15,35H,3-4,10-11H2,1-2H3,(H2,30,33);1H. The van der Waals surface area contributed by atoms with Crippen molar-refractivity contribution in [2.24, 2.45) is 5.73 Å². The molecule has 36 heavy (non-hydrogen) atoms. The fraction of sp³-hybridized carbons (Fsp3) is 0.417. The summed E-state index contributed by atoms with van der Waals surface area (Å²) in [6, 6.07) is 5.18. The normalized spacial score (nSPS) is 23.4. The first-order valence-corrected chi connectivity index (χ1v) is 11.9. The summed E-state index contributed by atoms with van der Waals surface area (Å²) >= 11 is 12.2. The van der Waals surface area contributed by atoms with Crippen LogP contribution in [-0.4, -0.2) is 47.0 Å². The molecule has 0 radical (unpaired) electrons. The van der Waals surface area contributed by atoms with Crippen LogP contribution in [0.15, 0.2) is 30.3 Å². The van der Waals surface area contributed by atoms with Gasteiger partial charge in [-0.2, -0.15) is 13.2 Å². The van der Waals surface area contributed by atoms with E-state index in [1.54, 1.807) is 0 Å². The minimum atomic E-state index is -5.00. The Morgan fingerprint density at radius 3 is 2.31 bits per heavy atom. The van der Waals surface area contributed by atoms with Gasteiger partial charge in [-0.1, -0.05) is 43.1 Å². The number of halogens is 6. The second kappa shape index (κ2) is 10.0. The van der Waals surface area contributed by atoms with Crippen molar-refractivity contribution in [1.82, 2.24) is 4.90 Å².